The number of hydrogen-bond acceptors (Lipinski definition) is 4. The van der Waals surface area contributed by atoms with E-state index in [1.165, 1.54) is 11.1 Å². The van der Waals surface area contributed by atoms with E-state index in [0.717, 1.165) is 25.7 Å². The van der Waals surface area contributed by atoms with Crippen LogP contribution in [0.1, 0.15) is 30.9 Å². The summed E-state index contributed by atoms with van der Waals surface area (Å²) in [6, 6.07) is 6.21. The summed E-state index contributed by atoms with van der Waals surface area (Å²) in [4.78, 5) is 11.2. The summed E-state index contributed by atoms with van der Waals surface area (Å²) in [6.45, 7) is 2.11. The molecule has 0 saturated carbocycles. The summed E-state index contributed by atoms with van der Waals surface area (Å²) in [7, 11) is 0. The Balaban J connectivity index is 2.01. The number of carbonyl (C=O) groups is 1. The predicted octanol–water partition coefficient (Wildman–Crippen LogP) is 1.83. The van der Waals surface area contributed by atoms with E-state index < -0.39 is 0 Å². The molecule has 1 atom stereocenters. The van der Waals surface area contributed by atoms with Gasteiger partial charge in [0, 0.05) is 6.04 Å². The van der Waals surface area contributed by atoms with Gasteiger partial charge in [0.1, 0.15) is 5.75 Å². The maximum atomic E-state index is 11.2. The quantitative estimate of drug-likeness (QED) is 0.665. The van der Waals surface area contributed by atoms with Gasteiger partial charge in [-0.3, -0.25) is 0 Å². The largest absolute Gasteiger partial charge is 0.482 e. The first kappa shape index (κ1) is 13.9. The Hall–Kier alpha value is -1.55. The van der Waals surface area contributed by atoms with Crippen molar-refractivity contribution in [3.05, 3.63) is 29.3 Å². The van der Waals surface area contributed by atoms with Gasteiger partial charge >= 0.3 is 5.97 Å². The first-order valence-corrected chi connectivity index (χ1v) is 6.85. The topological polar surface area (TPSA) is 61.5 Å². The Bertz CT molecular complexity index is 445. The van der Waals surface area contributed by atoms with Crippen molar-refractivity contribution in [2.45, 2.75) is 38.6 Å². The van der Waals surface area contributed by atoms with Crippen LogP contribution in [0, 0.1) is 0 Å². The summed E-state index contributed by atoms with van der Waals surface area (Å²) in [6.07, 6.45) is 4.15. The standard InChI is InChI=1S/C15H21NO3/c1-2-18-15(17)10-19-14-7-6-11-4-3-5-13(16)8-12(11)9-14/h6-7,9,13H,2-5,8,10,16H2,1H3. The normalized spacial score (nSPS) is 18.3. The molecule has 104 valence electrons. The number of nitrogens with two attached hydrogens (primary N) is 1. The highest BCUT2D eigenvalue weighted by Crippen LogP contribution is 2.24. The van der Waals surface area contributed by atoms with Gasteiger partial charge in [0.2, 0.25) is 0 Å². The Morgan fingerprint density at radius 1 is 1.42 bits per heavy atom. The molecule has 0 aliphatic heterocycles. The first-order chi connectivity index (χ1) is 9.19. The van der Waals surface area contributed by atoms with E-state index in [4.69, 9.17) is 15.2 Å². The third-order valence-corrected chi connectivity index (χ3v) is 3.34. The van der Waals surface area contributed by atoms with Gasteiger partial charge in [0.15, 0.2) is 6.61 Å². The SMILES string of the molecule is CCOC(=O)COc1ccc2c(c1)CC(N)CCC2. The van der Waals surface area contributed by atoms with E-state index in [-0.39, 0.29) is 18.6 Å². The minimum atomic E-state index is -0.339. The number of carbonyl (C=O) groups excluding carboxylic acids is 1. The zero-order valence-corrected chi connectivity index (χ0v) is 11.4. The number of fused-ring (bicyclic) bond motifs is 1. The highest BCUT2D eigenvalue weighted by atomic mass is 16.6. The van der Waals surface area contributed by atoms with Gasteiger partial charge in [-0.25, -0.2) is 4.79 Å². The highest BCUT2D eigenvalue weighted by molar-refractivity contribution is 5.71. The van der Waals surface area contributed by atoms with Crippen LogP contribution in [0.25, 0.3) is 0 Å². The minimum Gasteiger partial charge on any atom is -0.482 e. The summed E-state index contributed by atoms with van der Waals surface area (Å²) in [5.74, 6) is 0.370. The molecule has 0 fully saturated rings. The Labute approximate surface area is 113 Å². The van der Waals surface area contributed by atoms with Crippen LogP contribution in [-0.4, -0.2) is 25.2 Å². The third kappa shape index (κ3) is 3.96. The van der Waals surface area contributed by atoms with Crippen molar-refractivity contribution in [1.82, 2.24) is 0 Å². The van der Waals surface area contributed by atoms with Crippen molar-refractivity contribution >= 4 is 5.97 Å². The first-order valence-electron chi connectivity index (χ1n) is 6.85. The molecule has 0 saturated heterocycles. The van der Waals surface area contributed by atoms with Crippen LogP contribution < -0.4 is 10.5 Å². The summed E-state index contributed by atoms with van der Waals surface area (Å²) < 4.78 is 10.3. The highest BCUT2D eigenvalue weighted by Gasteiger charge is 2.14. The van der Waals surface area contributed by atoms with E-state index in [1.54, 1.807) is 6.92 Å². The molecule has 0 radical (unpaired) electrons. The van der Waals surface area contributed by atoms with Crippen molar-refractivity contribution in [2.75, 3.05) is 13.2 Å². The lowest BCUT2D eigenvalue weighted by Gasteiger charge is -2.11. The molecule has 2 N–H and O–H groups in total. The van der Waals surface area contributed by atoms with Crippen LogP contribution in [0.2, 0.25) is 0 Å². The maximum Gasteiger partial charge on any atom is 0.344 e. The van der Waals surface area contributed by atoms with Crippen LogP contribution in [0.4, 0.5) is 0 Å². The van der Waals surface area contributed by atoms with E-state index >= 15 is 0 Å². The van der Waals surface area contributed by atoms with Crippen LogP contribution >= 0.6 is 0 Å². The predicted molar refractivity (Wildman–Crippen MR) is 73.2 cm³/mol. The Morgan fingerprint density at radius 2 is 2.26 bits per heavy atom. The number of rotatable bonds is 4. The second-order valence-electron chi connectivity index (χ2n) is 4.88. The molecule has 1 aromatic rings. The van der Waals surface area contributed by atoms with Gasteiger partial charge in [-0.1, -0.05) is 6.07 Å². The molecule has 0 aromatic heterocycles. The Kier molecular flexibility index (Phi) is 4.80. The second-order valence-corrected chi connectivity index (χ2v) is 4.88. The molecule has 4 heteroatoms. The second kappa shape index (κ2) is 6.57. The van der Waals surface area contributed by atoms with E-state index in [0.29, 0.717) is 12.4 Å². The van der Waals surface area contributed by atoms with Crippen LogP contribution in [0.15, 0.2) is 18.2 Å². The molecule has 1 aliphatic carbocycles. The summed E-state index contributed by atoms with van der Waals surface area (Å²) in [5.41, 5.74) is 8.63. The monoisotopic (exact) mass is 263 g/mol. The fourth-order valence-corrected chi connectivity index (χ4v) is 2.41. The molecule has 0 bridgehead atoms. The zero-order chi connectivity index (χ0) is 13.7. The minimum absolute atomic E-state index is 0.0430. The van der Waals surface area contributed by atoms with Gasteiger partial charge in [0.05, 0.1) is 6.61 Å². The number of hydrogen-bond donors (Lipinski definition) is 1. The Morgan fingerprint density at radius 3 is 3.05 bits per heavy atom. The average Bonchev–Trinajstić information content (AvgIpc) is 2.56. The lowest BCUT2D eigenvalue weighted by molar-refractivity contribution is -0.145. The van der Waals surface area contributed by atoms with Gasteiger partial charge in [-0.05, 0) is 55.9 Å². The molecular formula is C15H21NO3. The lowest BCUT2D eigenvalue weighted by atomic mass is 10.0. The lowest BCUT2D eigenvalue weighted by Crippen LogP contribution is -2.21. The average molecular weight is 263 g/mol. The van der Waals surface area contributed by atoms with E-state index in [2.05, 4.69) is 6.07 Å². The molecule has 2 rings (SSSR count). The van der Waals surface area contributed by atoms with Crippen LogP contribution in [0.5, 0.6) is 5.75 Å². The number of ether oxygens (including phenoxy) is 2. The molecular weight excluding hydrogens is 242 g/mol. The molecule has 0 heterocycles. The molecule has 1 aromatic carbocycles. The molecule has 1 unspecified atom stereocenters. The summed E-state index contributed by atoms with van der Waals surface area (Å²) in [5, 5.41) is 0. The number of esters is 1. The number of benzene rings is 1. The summed E-state index contributed by atoms with van der Waals surface area (Å²) >= 11 is 0. The van der Waals surface area contributed by atoms with Crippen molar-refractivity contribution in [1.29, 1.82) is 0 Å². The number of aryl methyl sites for hydroxylation is 1. The van der Waals surface area contributed by atoms with Gasteiger partial charge in [0.25, 0.3) is 0 Å². The molecule has 4 nitrogen and oxygen atoms in total. The van der Waals surface area contributed by atoms with E-state index in [9.17, 15) is 4.79 Å². The third-order valence-electron chi connectivity index (χ3n) is 3.34. The molecule has 19 heavy (non-hydrogen) atoms. The van der Waals surface area contributed by atoms with E-state index in [1.807, 2.05) is 12.1 Å². The van der Waals surface area contributed by atoms with Gasteiger partial charge < -0.3 is 15.2 Å². The van der Waals surface area contributed by atoms with Crippen LogP contribution in [0.3, 0.4) is 0 Å². The fourth-order valence-electron chi connectivity index (χ4n) is 2.41. The van der Waals surface area contributed by atoms with Crippen LogP contribution in [-0.2, 0) is 22.4 Å². The molecule has 1 aliphatic rings. The van der Waals surface area contributed by atoms with Crippen molar-refractivity contribution < 1.29 is 14.3 Å². The van der Waals surface area contributed by atoms with Crippen molar-refractivity contribution in [3.8, 4) is 5.75 Å². The van der Waals surface area contributed by atoms with Crippen molar-refractivity contribution in [2.24, 2.45) is 5.73 Å². The van der Waals surface area contributed by atoms with Crippen molar-refractivity contribution in [3.63, 3.8) is 0 Å². The van der Waals surface area contributed by atoms with Gasteiger partial charge in [-0.2, -0.15) is 0 Å². The smallest absolute Gasteiger partial charge is 0.344 e. The molecule has 0 amide bonds. The zero-order valence-electron chi connectivity index (χ0n) is 11.4. The maximum absolute atomic E-state index is 11.2. The fraction of sp³-hybridized carbons (Fsp3) is 0.533. The molecule has 0 spiro atoms. The van der Waals surface area contributed by atoms with Gasteiger partial charge in [-0.15, -0.1) is 0 Å².